The Bertz CT molecular complexity index is 1670. The van der Waals surface area contributed by atoms with Crippen LogP contribution in [0.15, 0.2) is 109 Å². The average Bonchev–Trinajstić information content (AvgIpc) is 3.35. The van der Waals surface area contributed by atoms with Crippen LogP contribution in [0.5, 0.6) is 0 Å². The van der Waals surface area contributed by atoms with Crippen LogP contribution in [-0.2, 0) is 14.2 Å². The van der Waals surface area contributed by atoms with Crippen molar-refractivity contribution in [2.24, 2.45) is 5.92 Å². The van der Waals surface area contributed by atoms with Crippen molar-refractivity contribution in [2.45, 2.75) is 25.4 Å². The summed E-state index contributed by atoms with van der Waals surface area (Å²) in [6, 6.07) is 25.4. The number of aromatic nitrogens is 2. The van der Waals surface area contributed by atoms with E-state index >= 15 is 0 Å². The number of rotatable bonds is 9. The Labute approximate surface area is 247 Å². The number of nitrogens with one attached hydrogen (secondary N) is 1. The Morgan fingerprint density at radius 2 is 1.47 bits per heavy atom. The SMILES string of the molecule is C=Cc1cn([C@@H]2O[C@H](COC(=O)c3ccccc3)[C@H](C)C2OC(=O)c2ccccc2)c(=O)nc1NC(=O)c1ccccc1. The number of anilines is 1. The summed E-state index contributed by atoms with van der Waals surface area (Å²) in [6.45, 7) is 5.43. The minimum atomic E-state index is -1.11. The summed E-state index contributed by atoms with van der Waals surface area (Å²) in [5.74, 6) is -2.07. The van der Waals surface area contributed by atoms with Gasteiger partial charge in [-0.15, -0.1) is 0 Å². The lowest BCUT2D eigenvalue weighted by Gasteiger charge is -2.23. The molecule has 218 valence electrons. The van der Waals surface area contributed by atoms with Gasteiger partial charge in [-0.2, -0.15) is 4.98 Å². The van der Waals surface area contributed by atoms with Crippen molar-refractivity contribution in [3.8, 4) is 0 Å². The summed E-state index contributed by atoms with van der Waals surface area (Å²) >= 11 is 0. The third-order valence-electron chi connectivity index (χ3n) is 7.08. The molecule has 10 heteroatoms. The maximum absolute atomic E-state index is 13.3. The van der Waals surface area contributed by atoms with Gasteiger partial charge in [0.1, 0.15) is 18.5 Å². The van der Waals surface area contributed by atoms with Crippen LogP contribution in [0.1, 0.15) is 49.8 Å². The molecule has 1 aromatic heterocycles. The number of esters is 2. The fourth-order valence-electron chi connectivity index (χ4n) is 4.70. The van der Waals surface area contributed by atoms with Gasteiger partial charge in [0.2, 0.25) is 0 Å². The number of benzene rings is 3. The Hall–Kier alpha value is -5.35. The third-order valence-corrected chi connectivity index (χ3v) is 7.08. The zero-order chi connectivity index (χ0) is 30.3. The van der Waals surface area contributed by atoms with E-state index in [1.165, 1.54) is 16.8 Å². The van der Waals surface area contributed by atoms with Crippen molar-refractivity contribution in [2.75, 3.05) is 11.9 Å². The van der Waals surface area contributed by atoms with Crippen LogP contribution in [0.4, 0.5) is 5.82 Å². The van der Waals surface area contributed by atoms with Gasteiger partial charge in [-0.25, -0.2) is 14.4 Å². The van der Waals surface area contributed by atoms with Crippen LogP contribution < -0.4 is 11.0 Å². The van der Waals surface area contributed by atoms with Crippen molar-refractivity contribution < 1.29 is 28.6 Å². The lowest BCUT2D eigenvalue weighted by atomic mass is 10.0. The molecule has 5 rings (SSSR count). The van der Waals surface area contributed by atoms with E-state index in [4.69, 9.17) is 14.2 Å². The van der Waals surface area contributed by atoms with Gasteiger partial charge in [-0.05, 0) is 36.4 Å². The molecule has 10 nitrogen and oxygen atoms in total. The first-order valence-corrected chi connectivity index (χ1v) is 13.6. The van der Waals surface area contributed by atoms with E-state index in [1.807, 2.05) is 0 Å². The van der Waals surface area contributed by atoms with E-state index in [0.717, 1.165) is 0 Å². The number of nitrogens with zero attached hydrogens (tertiary/aromatic N) is 2. The van der Waals surface area contributed by atoms with Crippen LogP contribution in [0.25, 0.3) is 6.08 Å². The maximum atomic E-state index is 13.3. The molecule has 0 spiro atoms. The number of ether oxygens (including phenoxy) is 3. The molecule has 3 aromatic carbocycles. The van der Waals surface area contributed by atoms with Gasteiger partial charge in [-0.3, -0.25) is 9.36 Å². The highest BCUT2D eigenvalue weighted by molar-refractivity contribution is 6.04. The lowest BCUT2D eigenvalue weighted by Crippen LogP contribution is -2.36. The second-order valence-electron chi connectivity index (χ2n) is 9.88. The lowest BCUT2D eigenvalue weighted by molar-refractivity contribution is -0.0631. The van der Waals surface area contributed by atoms with Crippen LogP contribution in [0.2, 0.25) is 0 Å². The van der Waals surface area contributed by atoms with Crippen molar-refractivity contribution in [3.63, 3.8) is 0 Å². The summed E-state index contributed by atoms with van der Waals surface area (Å²) in [5.41, 5.74) is 0.669. The molecule has 1 N–H and O–H groups in total. The van der Waals surface area contributed by atoms with Gasteiger partial charge < -0.3 is 19.5 Å². The van der Waals surface area contributed by atoms with Crippen LogP contribution in [0.3, 0.4) is 0 Å². The number of hydrogen-bond acceptors (Lipinski definition) is 8. The van der Waals surface area contributed by atoms with E-state index in [1.54, 1.807) is 97.9 Å². The summed E-state index contributed by atoms with van der Waals surface area (Å²) in [4.78, 5) is 55.8. The molecule has 1 saturated heterocycles. The molecule has 43 heavy (non-hydrogen) atoms. The van der Waals surface area contributed by atoms with Crippen LogP contribution >= 0.6 is 0 Å². The predicted octanol–water partition coefficient (Wildman–Crippen LogP) is 4.75. The largest absolute Gasteiger partial charge is 0.459 e. The maximum Gasteiger partial charge on any atom is 0.351 e. The smallest absolute Gasteiger partial charge is 0.351 e. The van der Waals surface area contributed by atoms with E-state index < -0.39 is 47.9 Å². The summed E-state index contributed by atoms with van der Waals surface area (Å²) in [5, 5.41) is 2.65. The normalized spacial score (nSPS) is 19.3. The third kappa shape index (κ3) is 6.60. The van der Waals surface area contributed by atoms with E-state index in [-0.39, 0.29) is 12.4 Å². The van der Waals surface area contributed by atoms with E-state index in [0.29, 0.717) is 22.3 Å². The number of hydrogen-bond donors (Lipinski definition) is 1. The van der Waals surface area contributed by atoms with Crippen LogP contribution in [-0.4, -0.2) is 46.2 Å². The highest BCUT2D eigenvalue weighted by atomic mass is 16.6. The molecule has 4 aromatic rings. The molecule has 1 unspecified atom stereocenters. The zero-order valence-electron chi connectivity index (χ0n) is 23.3. The highest BCUT2D eigenvalue weighted by Crippen LogP contribution is 2.36. The van der Waals surface area contributed by atoms with Crippen molar-refractivity contribution >= 4 is 29.7 Å². The fraction of sp³-hybridized carbons (Fsp3) is 0.182. The molecular formula is C33H29N3O7. The van der Waals surface area contributed by atoms with Crippen molar-refractivity contribution in [3.05, 3.63) is 137 Å². The number of amides is 1. The molecule has 1 amide bonds. The zero-order valence-corrected chi connectivity index (χ0v) is 23.3. The first-order chi connectivity index (χ1) is 20.9. The second kappa shape index (κ2) is 13.1. The fourth-order valence-corrected chi connectivity index (χ4v) is 4.70. The molecule has 0 aliphatic carbocycles. The molecule has 0 bridgehead atoms. The molecule has 0 radical (unpaired) electrons. The summed E-state index contributed by atoms with van der Waals surface area (Å²) in [7, 11) is 0. The molecule has 1 fully saturated rings. The van der Waals surface area contributed by atoms with Gasteiger partial charge in [0.05, 0.1) is 11.1 Å². The van der Waals surface area contributed by atoms with Gasteiger partial charge in [0, 0.05) is 23.2 Å². The standard InChI is InChI=1S/C33H29N3O7/c1-3-22-19-36(33(40)35-28(22)34-29(37)23-13-7-4-8-14-23)30-27(43-32(39)25-17-11-6-12-18-25)21(2)26(42-30)20-41-31(38)24-15-9-5-10-16-24/h3-19,21,26-27,30H,1,20H2,2H3,(H,34,35,37,40)/t21-,26+,27?,30+/m0/s1. The van der Waals surface area contributed by atoms with Gasteiger partial charge in [0.15, 0.2) is 12.3 Å². The molecule has 2 heterocycles. The van der Waals surface area contributed by atoms with Gasteiger partial charge in [-0.1, -0.05) is 74.2 Å². The Balaban J connectivity index is 1.42. The quantitative estimate of drug-likeness (QED) is 0.282. The predicted molar refractivity (Wildman–Crippen MR) is 158 cm³/mol. The first kappa shape index (κ1) is 29.2. The Morgan fingerprint density at radius 3 is 2.05 bits per heavy atom. The molecule has 0 saturated carbocycles. The summed E-state index contributed by atoms with van der Waals surface area (Å²) < 4.78 is 18.8. The Morgan fingerprint density at radius 1 is 0.907 bits per heavy atom. The minimum Gasteiger partial charge on any atom is -0.459 e. The van der Waals surface area contributed by atoms with E-state index in [9.17, 15) is 19.2 Å². The number of carbonyl (C=O) groups is 3. The molecule has 4 atom stereocenters. The van der Waals surface area contributed by atoms with Gasteiger partial charge in [0.25, 0.3) is 5.91 Å². The monoisotopic (exact) mass is 579 g/mol. The van der Waals surface area contributed by atoms with Crippen molar-refractivity contribution in [1.29, 1.82) is 0 Å². The molecule has 1 aliphatic heterocycles. The number of carbonyl (C=O) groups excluding carboxylic acids is 3. The highest BCUT2D eigenvalue weighted by Gasteiger charge is 2.46. The average molecular weight is 580 g/mol. The summed E-state index contributed by atoms with van der Waals surface area (Å²) in [6.07, 6.45) is 0.0900. The van der Waals surface area contributed by atoms with Gasteiger partial charge >= 0.3 is 17.6 Å². The van der Waals surface area contributed by atoms with Crippen molar-refractivity contribution in [1.82, 2.24) is 9.55 Å². The van der Waals surface area contributed by atoms with Crippen LogP contribution in [0, 0.1) is 5.92 Å². The minimum absolute atomic E-state index is 0.0160. The topological polar surface area (TPSA) is 126 Å². The van der Waals surface area contributed by atoms with E-state index in [2.05, 4.69) is 16.9 Å². The second-order valence-corrected chi connectivity index (χ2v) is 9.88. The first-order valence-electron chi connectivity index (χ1n) is 13.6. The molecular weight excluding hydrogens is 550 g/mol. The Kier molecular flexibility index (Phi) is 8.88. The molecule has 1 aliphatic rings.